The highest BCUT2D eigenvalue weighted by atomic mass is 32.2. The summed E-state index contributed by atoms with van der Waals surface area (Å²) >= 11 is 1.48. The van der Waals surface area contributed by atoms with Crippen molar-refractivity contribution in [3.05, 3.63) is 52.2 Å². The Hall–Kier alpha value is -1.74. The molecule has 0 spiro atoms. The molecule has 1 heterocycles. The summed E-state index contributed by atoms with van der Waals surface area (Å²) in [5, 5.41) is 4.68. The van der Waals surface area contributed by atoms with Crippen molar-refractivity contribution >= 4 is 27.3 Å². The number of thiophene rings is 1. The largest absolute Gasteiger partial charge is 0.381 e. The topological polar surface area (TPSA) is 84.5 Å². The van der Waals surface area contributed by atoms with Crippen molar-refractivity contribution in [1.82, 2.24) is 10.0 Å². The van der Waals surface area contributed by atoms with Crippen LogP contribution >= 0.6 is 11.3 Å². The molecule has 0 aliphatic rings. The third kappa shape index (κ3) is 7.42. The molecule has 0 saturated carbocycles. The SMILES string of the molecule is CC(C)COCCCNC(=O)c1cccc(S(=O)(=O)NCc2cccs2)c1. The Labute approximate surface area is 165 Å². The van der Waals surface area contributed by atoms with Crippen LogP contribution in [0.15, 0.2) is 46.7 Å². The highest BCUT2D eigenvalue weighted by molar-refractivity contribution is 7.89. The van der Waals surface area contributed by atoms with Gasteiger partial charge in [-0.25, -0.2) is 13.1 Å². The highest BCUT2D eigenvalue weighted by Crippen LogP contribution is 2.14. The second-order valence-corrected chi connectivity index (χ2v) is 9.31. The molecule has 0 aliphatic heterocycles. The maximum absolute atomic E-state index is 12.4. The second-order valence-electron chi connectivity index (χ2n) is 6.51. The van der Waals surface area contributed by atoms with Gasteiger partial charge in [-0.2, -0.15) is 0 Å². The molecular weight excluding hydrogens is 384 g/mol. The monoisotopic (exact) mass is 410 g/mol. The number of ether oxygens (including phenoxy) is 1. The van der Waals surface area contributed by atoms with Crippen molar-refractivity contribution in [2.45, 2.75) is 31.7 Å². The van der Waals surface area contributed by atoms with Crippen LogP contribution in [0.2, 0.25) is 0 Å². The van der Waals surface area contributed by atoms with Gasteiger partial charge in [0.25, 0.3) is 5.91 Å². The normalized spacial score (nSPS) is 11.7. The van der Waals surface area contributed by atoms with Crippen molar-refractivity contribution in [2.75, 3.05) is 19.8 Å². The van der Waals surface area contributed by atoms with E-state index in [2.05, 4.69) is 23.9 Å². The van der Waals surface area contributed by atoms with E-state index in [-0.39, 0.29) is 17.3 Å². The molecule has 1 aromatic heterocycles. The van der Waals surface area contributed by atoms with Crippen LogP contribution in [0, 0.1) is 5.92 Å². The van der Waals surface area contributed by atoms with Gasteiger partial charge in [0.1, 0.15) is 0 Å². The van der Waals surface area contributed by atoms with Crippen molar-refractivity contribution in [1.29, 1.82) is 0 Å². The molecule has 0 radical (unpaired) electrons. The molecule has 0 fully saturated rings. The average molecular weight is 411 g/mol. The van der Waals surface area contributed by atoms with E-state index in [4.69, 9.17) is 4.74 Å². The van der Waals surface area contributed by atoms with Gasteiger partial charge in [-0.1, -0.05) is 26.0 Å². The van der Waals surface area contributed by atoms with Crippen LogP contribution in [-0.4, -0.2) is 34.1 Å². The first-order chi connectivity index (χ1) is 12.9. The lowest BCUT2D eigenvalue weighted by atomic mass is 10.2. The quantitative estimate of drug-likeness (QED) is 0.558. The van der Waals surface area contributed by atoms with Crippen LogP contribution in [0.3, 0.4) is 0 Å². The van der Waals surface area contributed by atoms with Gasteiger partial charge in [-0.05, 0) is 42.0 Å². The fourth-order valence-electron chi connectivity index (χ4n) is 2.26. The minimum atomic E-state index is -3.68. The van der Waals surface area contributed by atoms with Gasteiger partial charge in [-0.3, -0.25) is 4.79 Å². The Kier molecular flexibility index (Phi) is 8.43. The maximum atomic E-state index is 12.4. The van der Waals surface area contributed by atoms with E-state index < -0.39 is 10.0 Å². The first kappa shape index (κ1) is 21.6. The van der Waals surface area contributed by atoms with E-state index in [1.54, 1.807) is 12.1 Å². The summed E-state index contributed by atoms with van der Waals surface area (Å²) in [6.07, 6.45) is 0.707. The van der Waals surface area contributed by atoms with Crippen molar-refractivity contribution in [3.8, 4) is 0 Å². The first-order valence-electron chi connectivity index (χ1n) is 8.86. The molecule has 0 atom stereocenters. The van der Waals surface area contributed by atoms with E-state index in [0.717, 1.165) is 4.88 Å². The number of carbonyl (C=O) groups excluding carboxylic acids is 1. The van der Waals surface area contributed by atoms with Gasteiger partial charge in [0.15, 0.2) is 0 Å². The van der Waals surface area contributed by atoms with Crippen molar-refractivity contribution in [3.63, 3.8) is 0 Å². The molecular formula is C19H26N2O4S2. The number of sulfonamides is 1. The molecule has 148 valence electrons. The third-order valence-corrected chi connectivity index (χ3v) is 5.90. The third-order valence-electron chi connectivity index (χ3n) is 3.63. The molecule has 0 saturated heterocycles. The number of carbonyl (C=O) groups is 1. The van der Waals surface area contributed by atoms with Crippen LogP contribution in [-0.2, 0) is 21.3 Å². The molecule has 6 nitrogen and oxygen atoms in total. The van der Waals surface area contributed by atoms with Crippen LogP contribution < -0.4 is 10.0 Å². The summed E-state index contributed by atoms with van der Waals surface area (Å²) in [5.41, 5.74) is 0.317. The zero-order valence-electron chi connectivity index (χ0n) is 15.6. The predicted octanol–water partition coefficient (Wildman–Crippen LogP) is 3.02. The first-order valence-corrected chi connectivity index (χ1v) is 11.2. The van der Waals surface area contributed by atoms with Gasteiger partial charge in [-0.15, -0.1) is 11.3 Å². The minimum Gasteiger partial charge on any atom is -0.381 e. The minimum absolute atomic E-state index is 0.0759. The zero-order chi connectivity index (χ0) is 19.7. The maximum Gasteiger partial charge on any atom is 0.251 e. The average Bonchev–Trinajstić information content (AvgIpc) is 3.16. The summed E-state index contributed by atoms with van der Waals surface area (Å²) < 4.78 is 32.9. The number of hydrogen-bond donors (Lipinski definition) is 2. The number of amides is 1. The van der Waals surface area contributed by atoms with Crippen LogP contribution in [0.5, 0.6) is 0 Å². The molecule has 0 bridgehead atoms. The van der Waals surface area contributed by atoms with E-state index >= 15 is 0 Å². The van der Waals surface area contributed by atoms with E-state index in [0.29, 0.717) is 37.7 Å². The number of rotatable bonds is 11. The smallest absolute Gasteiger partial charge is 0.251 e. The number of nitrogens with one attached hydrogen (secondary N) is 2. The summed E-state index contributed by atoms with van der Waals surface area (Å²) in [5.74, 6) is 0.187. The summed E-state index contributed by atoms with van der Waals surface area (Å²) in [4.78, 5) is 13.2. The Morgan fingerprint density at radius 2 is 2.04 bits per heavy atom. The van der Waals surface area contributed by atoms with Crippen LogP contribution in [0.4, 0.5) is 0 Å². The lowest BCUT2D eigenvalue weighted by Crippen LogP contribution is -2.26. The van der Waals surface area contributed by atoms with Gasteiger partial charge in [0.2, 0.25) is 10.0 Å². The van der Waals surface area contributed by atoms with E-state index in [1.165, 1.54) is 23.5 Å². The Balaban J connectivity index is 1.86. The van der Waals surface area contributed by atoms with Crippen LogP contribution in [0.25, 0.3) is 0 Å². The molecule has 2 aromatic rings. The molecule has 2 rings (SSSR count). The fraction of sp³-hybridized carbons (Fsp3) is 0.421. The lowest BCUT2D eigenvalue weighted by Gasteiger charge is -2.09. The standard InChI is InChI=1S/C19H26N2O4S2/c1-15(2)14-25-10-5-9-20-19(22)16-6-3-8-18(12-16)27(23,24)21-13-17-7-4-11-26-17/h3-4,6-8,11-12,15,21H,5,9-10,13-14H2,1-2H3,(H,20,22). The second kappa shape index (κ2) is 10.6. The summed E-state index contributed by atoms with van der Waals surface area (Å²) in [6.45, 7) is 6.15. The molecule has 0 aliphatic carbocycles. The summed E-state index contributed by atoms with van der Waals surface area (Å²) in [7, 11) is -3.68. The van der Waals surface area contributed by atoms with Gasteiger partial charge in [0, 0.05) is 36.7 Å². The predicted molar refractivity (Wildman–Crippen MR) is 107 cm³/mol. The Morgan fingerprint density at radius 3 is 2.74 bits per heavy atom. The molecule has 0 unspecified atom stereocenters. The molecule has 27 heavy (non-hydrogen) atoms. The fourth-order valence-corrected chi connectivity index (χ4v) is 4.05. The highest BCUT2D eigenvalue weighted by Gasteiger charge is 2.16. The van der Waals surface area contributed by atoms with Crippen molar-refractivity contribution < 1.29 is 17.9 Å². The van der Waals surface area contributed by atoms with Gasteiger partial charge in [0.05, 0.1) is 4.90 Å². The zero-order valence-corrected chi connectivity index (χ0v) is 17.2. The molecule has 2 N–H and O–H groups in total. The molecule has 8 heteroatoms. The van der Waals surface area contributed by atoms with Gasteiger partial charge < -0.3 is 10.1 Å². The summed E-state index contributed by atoms with van der Waals surface area (Å²) in [6, 6.07) is 9.77. The Morgan fingerprint density at radius 1 is 1.22 bits per heavy atom. The molecule has 1 amide bonds. The van der Waals surface area contributed by atoms with Gasteiger partial charge >= 0.3 is 0 Å². The lowest BCUT2D eigenvalue weighted by molar-refractivity contribution is 0.0925. The Bertz CT molecular complexity index is 818. The number of benzene rings is 1. The van der Waals surface area contributed by atoms with Crippen LogP contribution in [0.1, 0.15) is 35.5 Å². The van der Waals surface area contributed by atoms with E-state index in [1.807, 2.05) is 17.5 Å². The molecule has 1 aromatic carbocycles. The van der Waals surface area contributed by atoms with Crippen molar-refractivity contribution in [2.24, 2.45) is 5.92 Å². The van der Waals surface area contributed by atoms with E-state index in [9.17, 15) is 13.2 Å². The number of hydrogen-bond acceptors (Lipinski definition) is 5.